The third-order valence-corrected chi connectivity index (χ3v) is 3.13. The molecule has 0 saturated heterocycles. The summed E-state index contributed by atoms with van der Waals surface area (Å²) in [7, 11) is 1.74. The molecule has 5 nitrogen and oxygen atoms in total. The molecule has 2 rings (SSSR count). The molecular weight excluding hydrogens is 267 g/mol. The average Bonchev–Trinajstić information content (AvgIpc) is 2.70. The largest absolute Gasteiger partial charge is 0.342 e. The van der Waals surface area contributed by atoms with Gasteiger partial charge in [0.2, 0.25) is 0 Å². The number of hydrogen-bond acceptors (Lipinski definition) is 3. The number of nitrogens with zero attached hydrogens (tertiary/aromatic N) is 2. The van der Waals surface area contributed by atoms with Crippen LogP contribution in [-0.4, -0.2) is 20.7 Å². The second-order valence-electron chi connectivity index (χ2n) is 4.12. The molecule has 0 aliphatic rings. The molecular formula is C12H13FN4OS. The first-order valence-electron chi connectivity index (χ1n) is 5.67. The van der Waals surface area contributed by atoms with E-state index in [0.717, 1.165) is 0 Å². The fourth-order valence-electron chi connectivity index (χ4n) is 1.73. The third-order valence-electron chi connectivity index (χ3n) is 2.77. The number of amides is 1. The molecule has 0 aliphatic heterocycles. The highest BCUT2D eigenvalue weighted by Crippen LogP contribution is 2.11. The highest BCUT2D eigenvalue weighted by Gasteiger charge is 2.17. The van der Waals surface area contributed by atoms with Crippen LogP contribution in [0.25, 0.3) is 0 Å². The van der Waals surface area contributed by atoms with Crippen molar-refractivity contribution in [3.05, 3.63) is 46.2 Å². The van der Waals surface area contributed by atoms with Crippen molar-refractivity contribution in [1.82, 2.24) is 20.1 Å². The highest BCUT2D eigenvalue weighted by atomic mass is 32.1. The van der Waals surface area contributed by atoms with Crippen LogP contribution < -0.4 is 5.32 Å². The molecule has 1 aromatic heterocycles. The minimum atomic E-state index is -0.553. The number of benzene rings is 1. The first kappa shape index (κ1) is 13.4. The van der Waals surface area contributed by atoms with Crippen LogP contribution in [0.15, 0.2) is 24.3 Å². The lowest BCUT2D eigenvalue weighted by Gasteiger charge is -2.13. The first-order valence-corrected chi connectivity index (χ1v) is 6.08. The molecule has 2 N–H and O–H groups in total. The number of nitrogens with one attached hydrogen (secondary N) is 2. The number of aromatic nitrogens is 3. The van der Waals surface area contributed by atoms with Crippen LogP contribution in [0.1, 0.15) is 29.1 Å². The zero-order chi connectivity index (χ0) is 14.0. The van der Waals surface area contributed by atoms with Crippen LogP contribution in [0, 0.1) is 10.6 Å². The molecule has 0 aliphatic carbocycles. The van der Waals surface area contributed by atoms with Crippen molar-refractivity contribution in [3.8, 4) is 0 Å². The second kappa shape index (κ2) is 5.31. The van der Waals surface area contributed by atoms with Gasteiger partial charge in [-0.25, -0.2) is 4.39 Å². The van der Waals surface area contributed by atoms with E-state index in [-0.39, 0.29) is 11.6 Å². The van der Waals surface area contributed by atoms with Crippen molar-refractivity contribution >= 4 is 18.1 Å². The van der Waals surface area contributed by atoms with Crippen molar-refractivity contribution in [2.45, 2.75) is 13.0 Å². The molecule has 19 heavy (non-hydrogen) atoms. The molecule has 1 amide bonds. The van der Waals surface area contributed by atoms with Crippen LogP contribution >= 0.6 is 12.2 Å². The Labute approximate surface area is 114 Å². The fourth-order valence-corrected chi connectivity index (χ4v) is 1.87. The summed E-state index contributed by atoms with van der Waals surface area (Å²) < 4.78 is 15.6. The molecule has 0 spiro atoms. The second-order valence-corrected chi connectivity index (χ2v) is 4.51. The van der Waals surface area contributed by atoms with Gasteiger partial charge in [-0.3, -0.25) is 9.89 Å². The lowest BCUT2D eigenvalue weighted by molar-refractivity contribution is 0.0933. The minimum absolute atomic E-state index is 0.00568. The molecule has 0 radical (unpaired) electrons. The van der Waals surface area contributed by atoms with Gasteiger partial charge in [0, 0.05) is 7.05 Å². The summed E-state index contributed by atoms with van der Waals surface area (Å²) >= 11 is 4.99. The van der Waals surface area contributed by atoms with Gasteiger partial charge in [0.05, 0.1) is 11.6 Å². The van der Waals surface area contributed by atoms with Gasteiger partial charge >= 0.3 is 0 Å². The molecule has 0 bridgehead atoms. The molecule has 7 heteroatoms. The molecule has 0 saturated carbocycles. The maximum atomic E-state index is 13.5. The minimum Gasteiger partial charge on any atom is -0.342 e. The van der Waals surface area contributed by atoms with E-state index in [1.54, 1.807) is 24.6 Å². The summed E-state index contributed by atoms with van der Waals surface area (Å²) in [5.74, 6) is -0.461. The zero-order valence-corrected chi connectivity index (χ0v) is 11.3. The van der Waals surface area contributed by atoms with Crippen LogP contribution in [0.2, 0.25) is 0 Å². The lowest BCUT2D eigenvalue weighted by atomic mass is 10.2. The Morgan fingerprint density at radius 3 is 2.79 bits per heavy atom. The van der Waals surface area contributed by atoms with Crippen molar-refractivity contribution in [2.75, 3.05) is 0 Å². The van der Waals surface area contributed by atoms with E-state index < -0.39 is 11.7 Å². The monoisotopic (exact) mass is 280 g/mol. The smallest absolute Gasteiger partial charge is 0.254 e. The van der Waals surface area contributed by atoms with Gasteiger partial charge in [-0.1, -0.05) is 12.1 Å². The number of aromatic amines is 1. The number of hydrogen-bond donors (Lipinski definition) is 2. The predicted molar refractivity (Wildman–Crippen MR) is 70.7 cm³/mol. The van der Waals surface area contributed by atoms with Crippen LogP contribution in [0.4, 0.5) is 4.39 Å². The van der Waals surface area contributed by atoms with Gasteiger partial charge in [-0.2, -0.15) is 5.10 Å². The average molecular weight is 280 g/mol. The van der Waals surface area contributed by atoms with Gasteiger partial charge in [0.15, 0.2) is 10.6 Å². The van der Waals surface area contributed by atoms with E-state index in [1.807, 2.05) is 0 Å². The standard InChI is InChI=1S/C12H13FN4OS/c1-7(10-15-16-12(19)17(10)2)14-11(18)8-5-3-4-6-9(8)13/h3-7H,1-2H3,(H,14,18)(H,16,19)/t7-/m1/s1. The Bertz CT molecular complexity index is 664. The third kappa shape index (κ3) is 2.70. The quantitative estimate of drug-likeness (QED) is 0.846. The Hall–Kier alpha value is -2.02. The Kier molecular flexibility index (Phi) is 3.75. The van der Waals surface area contributed by atoms with Crippen molar-refractivity contribution in [2.24, 2.45) is 7.05 Å². The van der Waals surface area contributed by atoms with Crippen molar-refractivity contribution in [3.63, 3.8) is 0 Å². The Morgan fingerprint density at radius 1 is 1.53 bits per heavy atom. The van der Waals surface area contributed by atoms with E-state index >= 15 is 0 Å². The molecule has 1 heterocycles. The number of carbonyl (C=O) groups is 1. The SMILES string of the molecule is C[C@@H](NC(=O)c1ccccc1F)c1n[nH]c(=S)n1C. The van der Waals surface area contributed by atoms with Gasteiger partial charge < -0.3 is 9.88 Å². The maximum absolute atomic E-state index is 13.5. The van der Waals surface area contributed by atoms with E-state index in [1.165, 1.54) is 18.2 Å². The van der Waals surface area contributed by atoms with Crippen molar-refractivity contribution < 1.29 is 9.18 Å². The number of halogens is 1. The van der Waals surface area contributed by atoms with E-state index in [4.69, 9.17) is 12.2 Å². The summed E-state index contributed by atoms with van der Waals surface area (Å²) in [6.07, 6.45) is 0. The van der Waals surface area contributed by atoms with Crippen LogP contribution in [0.5, 0.6) is 0 Å². The topological polar surface area (TPSA) is 62.7 Å². The molecule has 0 unspecified atom stereocenters. The number of carbonyl (C=O) groups excluding carboxylic acids is 1. The molecule has 1 aromatic carbocycles. The normalized spacial score (nSPS) is 12.2. The van der Waals surface area contributed by atoms with Gasteiger partial charge in [-0.15, -0.1) is 0 Å². The summed E-state index contributed by atoms with van der Waals surface area (Å²) in [5, 5.41) is 9.33. The fraction of sp³-hybridized carbons (Fsp3) is 0.250. The summed E-state index contributed by atoms with van der Waals surface area (Å²) in [6, 6.07) is 5.44. The predicted octanol–water partition coefficient (Wildman–Crippen LogP) is 2.11. The lowest BCUT2D eigenvalue weighted by Crippen LogP contribution is -2.29. The van der Waals surface area contributed by atoms with Crippen LogP contribution in [-0.2, 0) is 7.05 Å². The first-order chi connectivity index (χ1) is 9.00. The maximum Gasteiger partial charge on any atom is 0.254 e. The van der Waals surface area contributed by atoms with Crippen molar-refractivity contribution in [1.29, 1.82) is 0 Å². The van der Waals surface area contributed by atoms with E-state index in [9.17, 15) is 9.18 Å². The number of rotatable bonds is 3. The zero-order valence-electron chi connectivity index (χ0n) is 10.5. The Morgan fingerprint density at radius 2 is 2.21 bits per heavy atom. The molecule has 1 atom stereocenters. The molecule has 100 valence electrons. The summed E-state index contributed by atoms with van der Waals surface area (Å²) in [6.45, 7) is 1.75. The molecule has 0 fully saturated rings. The van der Waals surface area contributed by atoms with Gasteiger partial charge in [0.1, 0.15) is 5.82 Å². The van der Waals surface area contributed by atoms with Gasteiger partial charge in [0.25, 0.3) is 5.91 Å². The van der Waals surface area contributed by atoms with Crippen LogP contribution in [0.3, 0.4) is 0 Å². The summed E-state index contributed by atoms with van der Waals surface area (Å²) in [4.78, 5) is 11.9. The van der Waals surface area contributed by atoms with E-state index in [0.29, 0.717) is 10.6 Å². The van der Waals surface area contributed by atoms with E-state index in [2.05, 4.69) is 15.5 Å². The Balaban J connectivity index is 2.18. The number of H-pyrrole nitrogens is 1. The molecule has 2 aromatic rings. The highest BCUT2D eigenvalue weighted by molar-refractivity contribution is 7.71. The summed E-state index contributed by atoms with van der Waals surface area (Å²) in [5.41, 5.74) is 0.00568. The van der Waals surface area contributed by atoms with Gasteiger partial charge in [-0.05, 0) is 31.3 Å².